The van der Waals surface area contributed by atoms with Gasteiger partial charge in [-0.15, -0.1) is 23.5 Å². The molecule has 0 aliphatic heterocycles. The molecule has 0 atom stereocenters. The maximum atomic E-state index is 14.3. The molecule has 12 N–H and O–H groups in total. The summed E-state index contributed by atoms with van der Waals surface area (Å²) >= 11 is 2.98. The van der Waals surface area contributed by atoms with E-state index in [9.17, 15) is 19.2 Å². The van der Waals surface area contributed by atoms with Gasteiger partial charge in [0.25, 0.3) is 0 Å². The number of hydrogen-bond donors (Lipinski definition) is 7. The Hall–Kier alpha value is -5.42. The zero-order chi connectivity index (χ0) is 50.6. The van der Waals surface area contributed by atoms with Crippen molar-refractivity contribution in [1.82, 2.24) is 9.97 Å². The quantitative estimate of drug-likeness (QED) is 0.0111. The zero-order valence-electron chi connectivity index (χ0n) is 41.3. The second kappa shape index (κ2) is 27.5. The van der Waals surface area contributed by atoms with Crippen molar-refractivity contribution in [3.05, 3.63) is 81.4 Å². The van der Waals surface area contributed by atoms with Gasteiger partial charge in [0.05, 0.1) is 18.9 Å². The van der Waals surface area contributed by atoms with Crippen LogP contribution in [0.1, 0.15) is 167 Å². The monoisotopic (exact) mass is 970 g/mol. The van der Waals surface area contributed by atoms with Crippen molar-refractivity contribution < 1.29 is 19.2 Å². The fourth-order valence-corrected chi connectivity index (χ4v) is 9.45. The number of amidine groups is 1. The van der Waals surface area contributed by atoms with Crippen molar-refractivity contribution in [2.24, 2.45) is 38.7 Å². The number of nitrogens with zero attached hydrogens (tertiary/aromatic N) is 4. The number of guanidine groups is 2. The van der Waals surface area contributed by atoms with Gasteiger partial charge in [0.1, 0.15) is 29.3 Å². The molecule has 0 saturated heterocycles. The first-order valence-electron chi connectivity index (χ1n) is 23.4. The molecule has 0 aliphatic rings. The minimum absolute atomic E-state index is 0.0215. The number of unbranched alkanes of at least 4 members (excludes halogenated alkanes) is 4. The van der Waals surface area contributed by atoms with E-state index < -0.39 is 0 Å². The van der Waals surface area contributed by atoms with Gasteiger partial charge in [-0.2, -0.15) is 0 Å². The molecule has 17 heteroatoms. The molecule has 0 saturated carbocycles. The van der Waals surface area contributed by atoms with Crippen LogP contribution >= 0.6 is 23.5 Å². The van der Waals surface area contributed by atoms with Crippen LogP contribution in [-0.2, 0) is 46.1 Å². The predicted octanol–water partition coefficient (Wildman–Crippen LogP) is 7.75. The number of hydrogen-bond acceptors (Lipinski definition) is 12. The third-order valence-corrected chi connectivity index (χ3v) is 13.5. The summed E-state index contributed by atoms with van der Waals surface area (Å²) in [5, 5.41) is 15.2. The van der Waals surface area contributed by atoms with E-state index in [1.807, 2.05) is 12.1 Å². The van der Waals surface area contributed by atoms with Crippen LogP contribution in [0.2, 0.25) is 0 Å². The van der Waals surface area contributed by atoms with Gasteiger partial charge in [-0.1, -0.05) is 78.6 Å². The largest absolute Gasteiger partial charge is 0.388 e. The Kier molecular flexibility index (Phi) is 23.0. The second-order valence-electron chi connectivity index (χ2n) is 19.4. The SMILES string of the molecule is CC(=N)CCCCCC(=O)Cc1cc(C(C)(C)C)cc(CC(=O)c2cc(C(=O)Cc3cc(C(C)(C)C)cc(CC(=O)CCCCCC(=N)N)c3SCCN=C(N)N)ncn2)c1SCCN=C(N)N. The number of Topliss-reactive ketones (excluding diaryl/α,β-unsaturated/α-hetero) is 4. The minimum atomic E-state index is -0.319. The predicted molar refractivity (Wildman–Crippen MR) is 280 cm³/mol. The summed E-state index contributed by atoms with van der Waals surface area (Å²) in [6.07, 6.45) is 8.28. The van der Waals surface area contributed by atoms with Crippen LogP contribution in [0.25, 0.3) is 0 Å². The molecule has 3 aromatic rings. The van der Waals surface area contributed by atoms with Crippen molar-refractivity contribution in [2.45, 2.75) is 159 Å². The summed E-state index contributed by atoms with van der Waals surface area (Å²) in [5.74, 6) is 0.640. The lowest BCUT2D eigenvalue weighted by molar-refractivity contribution is -0.119. The van der Waals surface area contributed by atoms with Crippen LogP contribution in [0, 0.1) is 10.8 Å². The third-order valence-electron chi connectivity index (χ3n) is 11.1. The molecule has 0 bridgehead atoms. The Morgan fingerprint density at radius 1 is 0.544 bits per heavy atom. The van der Waals surface area contributed by atoms with Gasteiger partial charge >= 0.3 is 0 Å². The molecule has 68 heavy (non-hydrogen) atoms. The first-order valence-corrected chi connectivity index (χ1v) is 25.4. The van der Waals surface area contributed by atoms with Crippen molar-refractivity contribution >= 4 is 70.1 Å². The van der Waals surface area contributed by atoms with E-state index in [2.05, 4.69) is 73.6 Å². The lowest BCUT2D eigenvalue weighted by atomic mass is 9.83. The third kappa shape index (κ3) is 20.4. The number of nitrogens with two attached hydrogens (primary N) is 5. The summed E-state index contributed by atoms with van der Waals surface area (Å²) in [4.78, 5) is 74.2. The Bertz CT molecular complexity index is 2170. The molecule has 0 fully saturated rings. The zero-order valence-corrected chi connectivity index (χ0v) is 43.0. The van der Waals surface area contributed by atoms with Crippen LogP contribution in [0.3, 0.4) is 0 Å². The van der Waals surface area contributed by atoms with E-state index in [0.717, 1.165) is 81.7 Å². The molecule has 0 spiro atoms. The molecular weight excluding hydrogens is 895 g/mol. The van der Waals surface area contributed by atoms with Crippen LogP contribution in [0.5, 0.6) is 0 Å². The summed E-state index contributed by atoms with van der Waals surface area (Å²) in [7, 11) is 0. The normalized spacial score (nSPS) is 11.5. The Labute approximate surface area is 412 Å². The van der Waals surface area contributed by atoms with E-state index in [0.29, 0.717) is 56.0 Å². The van der Waals surface area contributed by atoms with Gasteiger partial charge in [-0.25, -0.2) is 9.97 Å². The van der Waals surface area contributed by atoms with E-state index in [1.165, 1.54) is 35.9 Å². The fourth-order valence-electron chi connectivity index (χ4n) is 7.41. The first-order chi connectivity index (χ1) is 31.9. The maximum absolute atomic E-state index is 14.3. The lowest BCUT2D eigenvalue weighted by Gasteiger charge is -2.24. The van der Waals surface area contributed by atoms with Gasteiger partial charge < -0.3 is 34.1 Å². The van der Waals surface area contributed by atoms with E-state index >= 15 is 0 Å². The number of nitrogens with one attached hydrogen (secondary N) is 2. The highest BCUT2D eigenvalue weighted by atomic mass is 32.2. The summed E-state index contributed by atoms with van der Waals surface area (Å²) in [6, 6.07) is 9.60. The summed E-state index contributed by atoms with van der Waals surface area (Å²) in [5.41, 5.74) is 33.3. The number of ketones is 4. The molecule has 2 aromatic carbocycles. The van der Waals surface area contributed by atoms with Crippen LogP contribution in [0.15, 0.2) is 56.4 Å². The van der Waals surface area contributed by atoms with Crippen molar-refractivity contribution in [2.75, 3.05) is 24.6 Å². The number of aliphatic imine (C=N–C) groups is 2. The molecular formula is C51H75N11O4S2. The molecule has 0 amide bonds. The average Bonchev–Trinajstić information content (AvgIpc) is 3.23. The van der Waals surface area contributed by atoms with Crippen LogP contribution in [0.4, 0.5) is 0 Å². The van der Waals surface area contributed by atoms with Gasteiger partial charge in [0.15, 0.2) is 23.5 Å². The standard InChI is InChI=1S/C51H75N11O4S2/c1-32(52)14-10-8-11-15-39(63)26-33-22-37(50(2,3)4)24-35(46(33)67-20-18-59-48(55)56)28-43(65)41-30-42(62-31-61-41)44(66)29-36-25-38(51(5,6)7)23-34(47(36)68-21-19-60-49(57)58)27-40(64)16-12-9-13-17-45(53)54/h22-25,30-31,52H,8-21,26-29H2,1-7H3,(H3,53,54)(H4,55,56,59)(H4,57,58,60). The fraction of sp³-hybridized carbons (Fsp3) is 0.529. The number of carbonyl (C=O) groups is 4. The molecule has 0 unspecified atom stereocenters. The van der Waals surface area contributed by atoms with Crippen molar-refractivity contribution in [3.8, 4) is 0 Å². The Morgan fingerprint density at radius 2 is 0.912 bits per heavy atom. The van der Waals surface area contributed by atoms with Gasteiger partial charge in [-0.3, -0.25) is 34.6 Å². The molecule has 1 heterocycles. The van der Waals surface area contributed by atoms with Crippen LogP contribution < -0.4 is 28.7 Å². The van der Waals surface area contributed by atoms with Crippen molar-refractivity contribution in [3.63, 3.8) is 0 Å². The lowest BCUT2D eigenvalue weighted by Crippen LogP contribution is -2.23. The topological polar surface area (TPSA) is 297 Å². The van der Waals surface area contributed by atoms with Gasteiger partial charge in [0.2, 0.25) is 0 Å². The highest BCUT2D eigenvalue weighted by molar-refractivity contribution is 7.99. The highest BCUT2D eigenvalue weighted by Crippen LogP contribution is 2.36. The number of benzene rings is 2. The molecule has 3 rings (SSSR count). The summed E-state index contributed by atoms with van der Waals surface area (Å²) < 4.78 is 0. The first kappa shape index (κ1) is 56.9. The average molecular weight is 970 g/mol. The van der Waals surface area contributed by atoms with E-state index in [1.54, 1.807) is 6.92 Å². The highest BCUT2D eigenvalue weighted by Gasteiger charge is 2.25. The van der Waals surface area contributed by atoms with Crippen LogP contribution in [-0.4, -0.2) is 81.2 Å². The van der Waals surface area contributed by atoms with Crippen molar-refractivity contribution in [1.29, 1.82) is 10.8 Å². The maximum Gasteiger partial charge on any atom is 0.185 e. The smallest absolute Gasteiger partial charge is 0.185 e. The number of carbonyl (C=O) groups excluding carboxylic acids is 4. The van der Waals surface area contributed by atoms with Gasteiger partial charge in [-0.05, 0) is 89.3 Å². The second-order valence-corrected chi connectivity index (χ2v) is 21.6. The molecule has 370 valence electrons. The molecule has 0 aliphatic carbocycles. The number of aromatic nitrogens is 2. The molecule has 1 aromatic heterocycles. The van der Waals surface area contributed by atoms with E-state index in [4.69, 9.17) is 39.5 Å². The number of thioether (sulfide) groups is 2. The minimum Gasteiger partial charge on any atom is -0.388 e. The Balaban J connectivity index is 2.01. The summed E-state index contributed by atoms with van der Waals surface area (Å²) in [6.45, 7) is 15.0. The Morgan fingerprint density at radius 3 is 1.26 bits per heavy atom. The van der Waals surface area contributed by atoms with Gasteiger partial charge in [0, 0.05) is 72.0 Å². The number of rotatable bonds is 30. The molecule has 0 radical (unpaired) electrons. The van der Waals surface area contributed by atoms with E-state index in [-0.39, 0.29) is 88.8 Å². The molecule has 15 nitrogen and oxygen atoms in total.